The molecule has 0 amide bonds. The lowest BCUT2D eigenvalue weighted by atomic mass is 10.1. The van der Waals surface area contributed by atoms with E-state index in [-0.39, 0.29) is 0 Å². The molecule has 0 unspecified atom stereocenters. The molecule has 1 N–H and O–H groups in total. The Balaban J connectivity index is 1.77. The number of ether oxygens (including phenoxy) is 1. The van der Waals surface area contributed by atoms with Gasteiger partial charge in [-0.15, -0.1) is 5.10 Å². The first kappa shape index (κ1) is 16.5. The summed E-state index contributed by atoms with van der Waals surface area (Å²) in [5, 5.41) is 12.4. The Morgan fingerprint density at radius 2 is 2.23 bits per heavy atom. The number of halogens is 1. The van der Waals surface area contributed by atoms with Gasteiger partial charge < -0.3 is 9.15 Å². The molecule has 0 spiro atoms. The molecule has 3 heterocycles. The van der Waals surface area contributed by atoms with Crippen LogP contribution in [0.3, 0.4) is 0 Å². The summed E-state index contributed by atoms with van der Waals surface area (Å²) in [5.74, 6) is 1.74. The Kier molecular flexibility index (Phi) is 4.27. The lowest BCUT2D eigenvalue weighted by Gasteiger charge is -2.04. The van der Waals surface area contributed by atoms with Crippen molar-refractivity contribution in [2.24, 2.45) is 5.10 Å². The Morgan fingerprint density at radius 1 is 1.35 bits per heavy atom. The normalized spacial score (nSPS) is 11.5. The van der Waals surface area contributed by atoms with Crippen LogP contribution >= 0.6 is 23.8 Å². The topological polar surface area (TPSA) is 81.2 Å². The molecule has 26 heavy (non-hydrogen) atoms. The monoisotopic (exact) mass is 385 g/mol. The fraction of sp³-hybridized carbons (Fsp3) is 0.0588. The Hall–Kier alpha value is -2.97. The highest BCUT2D eigenvalue weighted by atomic mass is 35.5. The van der Waals surface area contributed by atoms with E-state index in [1.54, 1.807) is 31.7 Å². The zero-order chi connectivity index (χ0) is 18.1. The number of pyridine rings is 1. The first-order valence-electron chi connectivity index (χ1n) is 7.55. The predicted molar refractivity (Wildman–Crippen MR) is 101 cm³/mol. The number of nitrogens with one attached hydrogen (secondary N) is 1. The van der Waals surface area contributed by atoms with E-state index in [4.69, 9.17) is 33.0 Å². The first-order valence-corrected chi connectivity index (χ1v) is 8.34. The lowest BCUT2D eigenvalue weighted by Crippen LogP contribution is -1.96. The minimum atomic E-state index is 0.333. The summed E-state index contributed by atoms with van der Waals surface area (Å²) in [4.78, 5) is 4.39. The molecule has 4 aromatic rings. The molecule has 7 nitrogen and oxygen atoms in total. The van der Waals surface area contributed by atoms with E-state index in [0.29, 0.717) is 27.1 Å². The van der Waals surface area contributed by atoms with Crippen LogP contribution in [0.4, 0.5) is 0 Å². The number of nitrogens with zero attached hydrogens (tertiary/aromatic N) is 4. The van der Waals surface area contributed by atoms with Gasteiger partial charge in [-0.3, -0.25) is 0 Å². The van der Waals surface area contributed by atoms with E-state index < -0.39 is 0 Å². The second-order valence-corrected chi connectivity index (χ2v) is 6.06. The highest BCUT2D eigenvalue weighted by Crippen LogP contribution is 2.24. The maximum absolute atomic E-state index is 6.29. The van der Waals surface area contributed by atoms with Crippen LogP contribution in [-0.2, 0) is 0 Å². The van der Waals surface area contributed by atoms with Crippen molar-refractivity contribution in [1.29, 1.82) is 0 Å². The predicted octanol–water partition coefficient (Wildman–Crippen LogP) is 4.29. The number of aromatic amines is 1. The van der Waals surface area contributed by atoms with Crippen LogP contribution in [0.25, 0.3) is 22.5 Å². The van der Waals surface area contributed by atoms with Crippen molar-refractivity contribution in [3.8, 4) is 17.3 Å². The van der Waals surface area contributed by atoms with E-state index in [2.05, 4.69) is 20.3 Å². The van der Waals surface area contributed by atoms with Gasteiger partial charge in [0.05, 0.1) is 25.1 Å². The van der Waals surface area contributed by atoms with Gasteiger partial charge in [0.2, 0.25) is 10.6 Å². The summed E-state index contributed by atoms with van der Waals surface area (Å²) in [6.45, 7) is 0. The molecule has 0 aliphatic carbocycles. The van der Waals surface area contributed by atoms with E-state index >= 15 is 0 Å². The van der Waals surface area contributed by atoms with Crippen molar-refractivity contribution in [3.05, 3.63) is 58.1 Å². The SMILES string of the molecule is COc1ccc2nc(Cl)c(/C=N\n3c(-c4ccco4)n[nH]c3=S)cc2c1. The van der Waals surface area contributed by atoms with Gasteiger partial charge in [-0.2, -0.15) is 9.78 Å². The third-order valence-electron chi connectivity index (χ3n) is 3.71. The summed E-state index contributed by atoms with van der Waals surface area (Å²) < 4.78 is 12.4. The van der Waals surface area contributed by atoms with Gasteiger partial charge in [0.15, 0.2) is 5.76 Å². The second-order valence-electron chi connectivity index (χ2n) is 5.31. The van der Waals surface area contributed by atoms with Crippen LogP contribution in [0.15, 0.2) is 52.2 Å². The van der Waals surface area contributed by atoms with Crippen molar-refractivity contribution in [3.63, 3.8) is 0 Å². The fourth-order valence-electron chi connectivity index (χ4n) is 2.45. The Bertz CT molecular complexity index is 1160. The quantitative estimate of drug-likeness (QED) is 0.322. The number of benzene rings is 1. The van der Waals surface area contributed by atoms with E-state index in [9.17, 15) is 0 Å². The molecule has 0 aliphatic heterocycles. The molecule has 0 fully saturated rings. The molecule has 3 aromatic heterocycles. The summed E-state index contributed by atoms with van der Waals surface area (Å²) in [5.41, 5.74) is 1.41. The fourth-order valence-corrected chi connectivity index (χ4v) is 2.82. The van der Waals surface area contributed by atoms with Crippen molar-refractivity contribution < 1.29 is 9.15 Å². The maximum Gasteiger partial charge on any atom is 0.219 e. The molecule has 0 saturated carbocycles. The summed E-state index contributed by atoms with van der Waals surface area (Å²) in [7, 11) is 1.61. The third-order valence-corrected chi connectivity index (χ3v) is 4.27. The van der Waals surface area contributed by atoms with Gasteiger partial charge in [0, 0.05) is 10.9 Å². The number of rotatable bonds is 4. The minimum Gasteiger partial charge on any atom is -0.497 e. The van der Waals surface area contributed by atoms with Gasteiger partial charge in [-0.25, -0.2) is 10.1 Å². The summed E-state index contributed by atoms with van der Waals surface area (Å²) in [6, 6.07) is 11.0. The zero-order valence-electron chi connectivity index (χ0n) is 13.5. The molecular weight excluding hydrogens is 374 g/mol. The van der Waals surface area contributed by atoms with Crippen LogP contribution < -0.4 is 4.74 Å². The number of H-pyrrole nitrogens is 1. The van der Waals surface area contributed by atoms with Crippen LogP contribution in [0.5, 0.6) is 5.75 Å². The maximum atomic E-state index is 6.29. The van der Waals surface area contributed by atoms with Gasteiger partial charge in [0.25, 0.3) is 0 Å². The van der Waals surface area contributed by atoms with E-state index in [1.807, 2.05) is 24.3 Å². The zero-order valence-corrected chi connectivity index (χ0v) is 15.1. The highest BCUT2D eigenvalue weighted by Gasteiger charge is 2.11. The third kappa shape index (κ3) is 3.00. The number of hydrogen-bond acceptors (Lipinski definition) is 6. The van der Waals surface area contributed by atoms with Gasteiger partial charge in [-0.05, 0) is 48.6 Å². The molecule has 0 aliphatic rings. The van der Waals surface area contributed by atoms with Crippen molar-refractivity contribution in [2.45, 2.75) is 0 Å². The number of methoxy groups -OCH3 is 1. The summed E-state index contributed by atoms with van der Waals surface area (Å²) in [6.07, 6.45) is 3.13. The smallest absolute Gasteiger partial charge is 0.219 e. The van der Waals surface area contributed by atoms with Crippen LogP contribution in [-0.4, -0.2) is 33.2 Å². The molecule has 0 bridgehead atoms. The van der Waals surface area contributed by atoms with Gasteiger partial charge >= 0.3 is 0 Å². The largest absolute Gasteiger partial charge is 0.497 e. The average molecular weight is 386 g/mol. The number of fused-ring (bicyclic) bond motifs is 1. The Labute approximate surface area is 157 Å². The van der Waals surface area contributed by atoms with Gasteiger partial charge in [-0.1, -0.05) is 11.6 Å². The van der Waals surface area contributed by atoms with Crippen LogP contribution in [0.2, 0.25) is 5.15 Å². The minimum absolute atomic E-state index is 0.333. The van der Waals surface area contributed by atoms with E-state index in [1.165, 1.54) is 4.68 Å². The number of furan rings is 1. The molecule has 0 atom stereocenters. The first-order chi connectivity index (χ1) is 12.7. The molecule has 1 aromatic carbocycles. The second kappa shape index (κ2) is 6.74. The number of hydrogen-bond donors (Lipinski definition) is 1. The van der Waals surface area contributed by atoms with E-state index in [0.717, 1.165) is 16.7 Å². The Morgan fingerprint density at radius 3 is 3.00 bits per heavy atom. The van der Waals surface area contributed by atoms with Crippen molar-refractivity contribution in [2.75, 3.05) is 7.11 Å². The standard InChI is InChI=1S/C17H12ClN5O2S/c1-24-12-4-5-13-10(8-12)7-11(15(18)20-13)9-19-23-16(21-22-17(23)26)14-3-2-6-25-14/h2-9H,1H3,(H,22,26)/b19-9-. The molecule has 130 valence electrons. The average Bonchev–Trinajstić information content (AvgIpc) is 3.29. The van der Waals surface area contributed by atoms with Crippen LogP contribution in [0.1, 0.15) is 5.56 Å². The number of aromatic nitrogens is 4. The molecule has 0 radical (unpaired) electrons. The van der Waals surface area contributed by atoms with Crippen molar-refractivity contribution >= 4 is 40.9 Å². The van der Waals surface area contributed by atoms with Gasteiger partial charge in [0.1, 0.15) is 10.9 Å². The highest BCUT2D eigenvalue weighted by molar-refractivity contribution is 7.71. The molecule has 4 rings (SSSR count). The molecular formula is C17H12ClN5O2S. The molecule has 9 heteroatoms. The summed E-state index contributed by atoms with van der Waals surface area (Å²) >= 11 is 11.5. The lowest BCUT2D eigenvalue weighted by molar-refractivity contribution is 0.415. The van der Waals surface area contributed by atoms with Crippen molar-refractivity contribution in [1.82, 2.24) is 19.9 Å². The van der Waals surface area contributed by atoms with Crippen LogP contribution in [0, 0.1) is 4.77 Å². The molecule has 0 saturated heterocycles.